The Labute approximate surface area is 80.8 Å². The average molecular weight is 268 g/mol. The number of rotatable bonds is 1. The Morgan fingerprint density at radius 1 is 1.64 bits per heavy atom. The molecule has 0 unspecified atom stereocenters. The molecule has 1 rings (SSSR count). The zero-order valence-corrected chi connectivity index (χ0v) is 9.21. The van der Waals surface area contributed by atoms with Gasteiger partial charge in [0.15, 0.2) is 0 Å². The molecule has 0 aromatic rings. The number of hydrogen-bond donors (Lipinski definition) is 0. The first kappa shape index (κ1) is 9.29. The fourth-order valence-corrected chi connectivity index (χ4v) is 3.72. The number of carbonyl (C=O) groups excluding carboxylic acids is 1. The second-order valence-corrected chi connectivity index (χ2v) is 5.34. The second-order valence-electron chi connectivity index (χ2n) is 3.74. The van der Waals surface area contributed by atoms with Gasteiger partial charge in [0, 0.05) is 16.3 Å². The summed E-state index contributed by atoms with van der Waals surface area (Å²) in [6.07, 6.45) is 1.27. The summed E-state index contributed by atoms with van der Waals surface area (Å²) in [4.78, 5) is 10.7. The highest BCUT2D eigenvalue weighted by atomic mass is 127. The van der Waals surface area contributed by atoms with E-state index in [0.717, 1.165) is 6.42 Å². The molecule has 2 atom stereocenters. The van der Waals surface area contributed by atoms with Crippen LogP contribution in [0.15, 0.2) is 0 Å². The summed E-state index contributed by atoms with van der Waals surface area (Å²) in [7, 11) is 0. The lowest BCUT2D eigenvalue weighted by Gasteiger charge is -2.47. The van der Waals surface area contributed by atoms with Crippen molar-refractivity contribution in [3.63, 3.8) is 0 Å². The van der Waals surface area contributed by atoms with Crippen molar-refractivity contribution in [3.05, 3.63) is 0 Å². The van der Waals surface area contributed by atoms with Crippen LogP contribution in [0, 0.1) is 5.41 Å². The minimum Gasteiger partial charge on any atom is -0.461 e. The summed E-state index contributed by atoms with van der Waals surface area (Å²) in [5.74, 6) is -0.163. The molecule has 0 saturated heterocycles. The lowest BCUT2D eigenvalue weighted by atomic mass is 9.69. The van der Waals surface area contributed by atoms with E-state index in [0.29, 0.717) is 3.92 Å². The zero-order valence-electron chi connectivity index (χ0n) is 7.06. The van der Waals surface area contributed by atoms with Gasteiger partial charge in [-0.2, -0.15) is 0 Å². The fraction of sp³-hybridized carbons (Fsp3) is 0.875. The first-order chi connectivity index (χ1) is 4.93. The van der Waals surface area contributed by atoms with Crippen molar-refractivity contribution in [2.75, 3.05) is 0 Å². The van der Waals surface area contributed by atoms with E-state index in [1.165, 1.54) is 6.92 Å². The second kappa shape index (κ2) is 2.92. The summed E-state index contributed by atoms with van der Waals surface area (Å²) in [5.41, 5.74) is 0.192. The van der Waals surface area contributed by atoms with Crippen molar-refractivity contribution in [1.82, 2.24) is 0 Å². The molecule has 1 saturated carbocycles. The minimum absolute atomic E-state index is 0.126. The molecule has 2 nitrogen and oxygen atoms in total. The van der Waals surface area contributed by atoms with Crippen LogP contribution in [0.3, 0.4) is 0 Å². The zero-order chi connectivity index (χ0) is 8.65. The molecule has 64 valence electrons. The van der Waals surface area contributed by atoms with Crippen molar-refractivity contribution >= 4 is 28.6 Å². The Kier molecular flexibility index (Phi) is 2.46. The van der Waals surface area contributed by atoms with Crippen LogP contribution in [0.2, 0.25) is 0 Å². The number of alkyl halides is 1. The Bertz CT molecular complexity index is 177. The predicted molar refractivity (Wildman–Crippen MR) is 51.8 cm³/mol. The molecule has 1 aliphatic rings. The van der Waals surface area contributed by atoms with Crippen LogP contribution in [-0.4, -0.2) is 16.0 Å². The van der Waals surface area contributed by atoms with Crippen molar-refractivity contribution in [2.24, 2.45) is 5.41 Å². The van der Waals surface area contributed by atoms with Gasteiger partial charge in [0.2, 0.25) is 0 Å². The van der Waals surface area contributed by atoms with Crippen LogP contribution >= 0.6 is 22.6 Å². The van der Waals surface area contributed by atoms with Crippen LogP contribution < -0.4 is 0 Å². The van der Waals surface area contributed by atoms with E-state index in [1.807, 2.05) is 0 Å². The third kappa shape index (κ3) is 1.86. The first-order valence-electron chi connectivity index (χ1n) is 3.75. The monoisotopic (exact) mass is 268 g/mol. The molecule has 3 heteroatoms. The normalized spacial score (nSPS) is 34.2. The Morgan fingerprint density at radius 2 is 2.18 bits per heavy atom. The van der Waals surface area contributed by atoms with E-state index in [2.05, 4.69) is 36.4 Å². The van der Waals surface area contributed by atoms with Crippen LogP contribution in [0.4, 0.5) is 0 Å². The number of halogens is 1. The van der Waals surface area contributed by atoms with E-state index in [-0.39, 0.29) is 17.5 Å². The van der Waals surface area contributed by atoms with E-state index in [1.54, 1.807) is 0 Å². The van der Waals surface area contributed by atoms with E-state index in [9.17, 15) is 4.79 Å². The van der Waals surface area contributed by atoms with Gasteiger partial charge in [-0.1, -0.05) is 36.4 Å². The van der Waals surface area contributed by atoms with Crippen molar-refractivity contribution in [3.8, 4) is 0 Å². The summed E-state index contributed by atoms with van der Waals surface area (Å²) < 4.78 is 5.67. The Balaban J connectivity index is 2.50. The van der Waals surface area contributed by atoms with Gasteiger partial charge in [0.1, 0.15) is 6.10 Å². The molecule has 11 heavy (non-hydrogen) atoms. The molecule has 0 amide bonds. The van der Waals surface area contributed by atoms with Gasteiger partial charge in [-0.05, 0) is 6.42 Å². The SMILES string of the molecule is CC(=O)O[C@H]1[C@H](I)CC1(C)C. The molecule has 1 aliphatic carbocycles. The first-order valence-corrected chi connectivity index (χ1v) is 4.99. The summed E-state index contributed by atoms with van der Waals surface area (Å²) >= 11 is 2.34. The standard InChI is InChI=1S/C8H13IO2/c1-5(10)11-7-6(9)4-8(7,2)3/h6-7H,4H2,1-3H3/t6-,7+/m1/s1. The molecule has 0 N–H and O–H groups in total. The molecule has 0 aromatic carbocycles. The average Bonchev–Trinajstić information content (AvgIpc) is 1.82. The molecule has 1 fully saturated rings. The van der Waals surface area contributed by atoms with Gasteiger partial charge in [0.05, 0.1) is 0 Å². The maximum absolute atomic E-state index is 10.7. The molecule has 0 aromatic heterocycles. The van der Waals surface area contributed by atoms with Gasteiger partial charge in [-0.25, -0.2) is 0 Å². The van der Waals surface area contributed by atoms with Crippen molar-refractivity contribution < 1.29 is 9.53 Å². The van der Waals surface area contributed by atoms with Gasteiger partial charge in [0.25, 0.3) is 0 Å². The smallest absolute Gasteiger partial charge is 0.302 e. The molecular formula is C8H13IO2. The summed E-state index contributed by atoms with van der Waals surface area (Å²) in [6, 6.07) is 0. The van der Waals surface area contributed by atoms with Gasteiger partial charge in [-0.15, -0.1) is 0 Å². The van der Waals surface area contributed by atoms with Gasteiger partial charge in [-0.3, -0.25) is 4.79 Å². The predicted octanol–water partition coefficient (Wildman–Crippen LogP) is 2.15. The van der Waals surface area contributed by atoms with E-state index in [4.69, 9.17) is 4.74 Å². The van der Waals surface area contributed by atoms with E-state index < -0.39 is 0 Å². The third-order valence-electron chi connectivity index (χ3n) is 2.11. The maximum atomic E-state index is 10.7. The van der Waals surface area contributed by atoms with Crippen LogP contribution in [-0.2, 0) is 9.53 Å². The number of ether oxygens (including phenoxy) is 1. The lowest BCUT2D eigenvalue weighted by Crippen LogP contribution is -2.51. The van der Waals surface area contributed by atoms with Crippen LogP contribution in [0.25, 0.3) is 0 Å². The van der Waals surface area contributed by atoms with Crippen LogP contribution in [0.1, 0.15) is 27.2 Å². The molecule has 0 heterocycles. The van der Waals surface area contributed by atoms with Crippen molar-refractivity contribution in [2.45, 2.75) is 37.2 Å². The quantitative estimate of drug-likeness (QED) is 0.414. The van der Waals surface area contributed by atoms with Gasteiger partial charge >= 0.3 is 5.97 Å². The highest BCUT2D eigenvalue weighted by Crippen LogP contribution is 2.46. The molecule has 0 bridgehead atoms. The Hall–Kier alpha value is 0.200. The molecule has 0 radical (unpaired) electrons. The minimum atomic E-state index is -0.163. The molecule has 0 spiro atoms. The molecular weight excluding hydrogens is 255 g/mol. The number of hydrogen-bond acceptors (Lipinski definition) is 2. The van der Waals surface area contributed by atoms with E-state index >= 15 is 0 Å². The maximum Gasteiger partial charge on any atom is 0.302 e. The van der Waals surface area contributed by atoms with Gasteiger partial charge < -0.3 is 4.74 Å². The lowest BCUT2D eigenvalue weighted by molar-refractivity contribution is -0.160. The Morgan fingerprint density at radius 3 is 2.36 bits per heavy atom. The number of esters is 1. The largest absolute Gasteiger partial charge is 0.461 e. The summed E-state index contributed by atoms with van der Waals surface area (Å²) in [6.45, 7) is 5.74. The van der Waals surface area contributed by atoms with Crippen LogP contribution in [0.5, 0.6) is 0 Å². The number of carbonyl (C=O) groups is 1. The molecule has 0 aliphatic heterocycles. The van der Waals surface area contributed by atoms with Crippen molar-refractivity contribution in [1.29, 1.82) is 0 Å². The fourth-order valence-electron chi connectivity index (χ4n) is 1.47. The third-order valence-corrected chi connectivity index (χ3v) is 3.21. The highest BCUT2D eigenvalue weighted by molar-refractivity contribution is 14.1. The summed E-state index contributed by atoms with van der Waals surface area (Å²) in [5, 5.41) is 0. The highest BCUT2D eigenvalue weighted by Gasteiger charge is 2.48. The topological polar surface area (TPSA) is 26.3 Å².